The second kappa shape index (κ2) is 7.65. The third-order valence-electron chi connectivity index (χ3n) is 2.46. The minimum absolute atomic E-state index is 0.0231. The lowest BCUT2D eigenvalue weighted by atomic mass is 10.0. The molecule has 0 saturated carbocycles. The van der Waals surface area contributed by atoms with Crippen LogP contribution in [0.25, 0.3) is 0 Å². The zero-order valence-corrected chi connectivity index (χ0v) is 10.2. The smallest absolute Gasteiger partial charge is 0.326 e. The fraction of sp³-hybridized carbons (Fsp3) is 0.727. The average Bonchev–Trinajstić information content (AvgIpc) is 2.23. The molecule has 0 radical (unpaired) electrons. The van der Waals surface area contributed by atoms with E-state index < -0.39 is 17.9 Å². The molecular formula is C11H20N2O4. The average molecular weight is 244 g/mol. The number of carbonyl (C=O) groups excluding carboxylic acids is 2. The lowest BCUT2D eigenvalue weighted by Gasteiger charge is -2.16. The maximum absolute atomic E-state index is 11.6. The van der Waals surface area contributed by atoms with Gasteiger partial charge in [0.15, 0.2) is 0 Å². The highest BCUT2D eigenvalue weighted by Gasteiger charge is 2.22. The Bertz CT molecular complexity index is 291. The predicted molar refractivity (Wildman–Crippen MR) is 62.1 cm³/mol. The van der Waals surface area contributed by atoms with Crippen molar-refractivity contribution in [3.63, 3.8) is 0 Å². The van der Waals surface area contributed by atoms with Crippen LogP contribution in [0, 0.1) is 5.92 Å². The van der Waals surface area contributed by atoms with Crippen LogP contribution in [0.2, 0.25) is 0 Å². The number of hydrogen-bond donors (Lipinski definition) is 3. The second-order valence-corrected chi connectivity index (χ2v) is 4.09. The molecule has 6 heteroatoms. The third kappa shape index (κ3) is 6.55. The Morgan fingerprint density at radius 2 is 1.88 bits per heavy atom. The van der Waals surface area contributed by atoms with Crippen LogP contribution in [0.1, 0.15) is 39.5 Å². The topological polar surface area (TPSA) is 109 Å². The van der Waals surface area contributed by atoms with Crippen molar-refractivity contribution in [2.24, 2.45) is 11.7 Å². The van der Waals surface area contributed by atoms with E-state index in [9.17, 15) is 14.4 Å². The summed E-state index contributed by atoms with van der Waals surface area (Å²) in [6, 6.07) is -1.05. The number of primary amides is 1. The van der Waals surface area contributed by atoms with Gasteiger partial charge in [-0.15, -0.1) is 0 Å². The normalized spacial score (nSPS) is 13.8. The molecule has 0 spiro atoms. The molecule has 4 N–H and O–H groups in total. The van der Waals surface area contributed by atoms with E-state index in [1.54, 1.807) is 6.92 Å². The lowest BCUT2D eigenvalue weighted by molar-refractivity contribution is -0.142. The first-order valence-corrected chi connectivity index (χ1v) is 5.70. The molecule has 0 rings (SSSR count). The molecular weight excluding hydrogens is 224 g/mol. The highest BCUT2D eigenvalue weighted by Crippen LogP contribution is 2.06. The van der Waals surface area contributed by atoms with Crippen LogP contribution in [0.4, 0.5) is 0 Å². The van der Waals surface area contributed by atoms with Crippen LogP contribution >= 0.6 is 0 Å². The molecule has 2 amide bonds. The molecule has 0 aliphatic carbocycles. The van der Waals surface area contributed by atoms with Gasteiger partial charge in [-0.25, -0.2) is 4.79 Å². The summed E-state index contributed by atoms with van der Waals surface area (Å²) in [5.74, 6) is -2.26. The zero-order valence-electron chi connectivity index (χ0n) is 10.2. The maximum atomic E-state index is 11.6. The minimum Gasteiger partial charge on any atom is -0.480 e. The molecule has 0 aliphatic heterocycles. The van der Waals surface area contributed by atoms with Crippen LogP contribution in [0.5, 0.6) is 0 Å². The van der Waals surface area contributed by atoms with E-state index in [-0.39, 0.29) is 24.7 Å². The predicted octanol–water partition coefficient (Wildman–Crippen LogP) is 0.258. The minimum atomic E-state index is -1.15. The number of carboxylic acids is 1. The van der Waals surface area contributed by atoms with Crippen LogP contribution in [-0.4, -0.2) is 28.9 Å². The van der Waals surface area contributed by atoms with Gasteiger partial charge in [0.2, 0.25) is 11.8 Å². The Morgan fingerprint density at radius 1 is 1.29 bits per heavy atom. The summed E-state index contributed by atoms with van der Waals surface area (Å²) in [5.41, 5.74) is 4.93. The molecule has 0 heterocycles. The molecule has 0 aliphatic rings. The largest absolute Gasteiger partial charge is 0.480 e. The Morgan fingerprint density at radius 3 is 2.29 bits per heavy atom. The Kier molecular flexibility index (Phi) is 6.93. The van der Waals surface area contributed by atoms with Gasteiger partial charge in [-0.05, 0) is 12.8 Å². The van der Waals surface area contributed by atoms with Crippen molar-refractivity contribution < 1.29 is 19.5 Å². The van der Waals surface area contributed by atoms with E-state index >= 15 is 0 Å². The molecule has 17 heavy (non-hydrogen) atoms. The first kappa shape index (κ1) is 15.4. The lowest BCUT2D eigenvalue weighted by Crippen LogP contribution is -2.43. The van der Waals surface area contributed by atoms with E-state index in [0.29, 0.717) is 6.42 Å². The summed E-state index contributed by atoms with van der Waals surface area (Å²) >= 11 is 0. The van der Waals surface area contributed by atoms with Gasteiger partial charge in [0.25, 0.3) is 0 Å². The van der Waals surface area contributed by atoms with Gasteiger partial charge in [0.05, 0.1) is 0 Å². The van der Waals surface area contributed by atoms with Crippen LogP contribution in [0.15, 0.2) is 0 Å². The second-order valence-electron chi connectivity index (χ2n) is 4.09. The van der Waals surface area contributed by atoms with Gasteiger partial charge >= 0.3 is 5.97 Å². The Balaban J connectivity index is 4.29. The summed E-state index contributed by atoms with van der Waals surface area (Å²) < 4.78 is 0. The van der Waals surface area contributed by atoms with Gasteiger partial charge in [-0.1, -0.05) is 20.3 Å². The highest BCUT2D eigenvalue weighted by atomic mass is 16.4. The monoisotopic (exact) mass is 244 g/mol. The van der Waals surface area contributed by atoms with Crippen LogP contribution in [-0.2, 0) is 14.4 Å². The van der Waals surface area contributed by atoms with Crippen molar-refractivity contribution in [2.75, 3.05) is 0 Å². The van der Waals surface area contributed by atoms with Crippen molar-refractivity contribution in [2.45, 2.75) is 45.6 Å². The number of rotatable bonds is 8. The number of amides is 2. The van der Waals surface area contributed by atoms with Gasteiger partial charge < -0.3 is 16.2 Å². The summed E-state index contributed by atoms with van der Waals surface area (Å²) in [7, 11) is 0. The maximum Gasteiger partial charge on any atom is 0.326 e. The molecule has 0 aromatic rings. The first-order valence-electron chi connectivity index (χ1n) is 5.70. The van der Waals surface area contributed by atoms with E-state index in [0.717, 1.165) is 6.42 Å². The molecule has 6 nitrogen and oxygen atoms in total. The molecule has 0 bridgehead atoms. The first-order chi connectivity index (χ1) is 7.88. The highest BCUT2D eigenvalue weighted by molar-refractivity contribution is 5.85. The molecule has 0 saturated heterocycles. The summed E-state index contributed by atoms with van der Waals surface area (Å²) in [5, 5.41) is 11.3. The van der Waals surface area contributed by atoms with E-state index in [1.807, 2.05) is 6.92 Å². The third-order valence-corrected chi connectivity index (χ3v) is 2.46. The standard InChI is InChI=1S/C11H20N2O4/c1-3-4-7(2)10(15)13-8(11(16)17)5-6-9(12)14/h7-8H,3-6H2,1-2H3,(H2,12,14)(H,13,15)(H,16,17). The van der Waals surface area contributed by atoms with Gasteiger partial charge in [0.1, 0.15) is 6.04 Å². The number of aliphatic carboxylic acids is 1. The molecule has 0 aromatic carbocycles. The summed E-state index contributed by atoms with van der Waals surface area (Å²) in [6.07, 6.45) is 1.52. The molecule has 98 valence electrons. The van der Waals surface area contributed by atoms with E-state index in [1.165, 1.54) is 0 Å². The fourth-order valence-electron chi connectivity index (χ4n) is 1.42. The summed E-state index contributed by atoms with van der Waals surface area (Å²) in [4.78, 5) is 33.0. The van der Waals surface area contributed by atoms with Gasteiger partial charge in [0, 0.05) is 12.3 Å². The van der Waals surface area contributed by atoms with Crippen molar-refractivity contribution in [3.05, 3.63) is 0 Å². The zero-order chi connectivity index (χ0) is 13.4. The number of nitrogens with two attached hydrogens (primary N) is 1. The van der Waals surface area contributed by atoms with E-state index in [4.69, 9.17) is 10.8 Å². The molecule has 0 fully saturated rings. The van der Waals surface area contributed by atoms with Crippen LogP contribution < -0.4 is 11.1 Å². The van der Waals surface area contributed by atoms with E-state index in [2.05, 4.69) is 5.32 Å². The number of nitrogens with one attached hydrogen (secondary N) is 1. The molecule has 0 aromatic heterocycles. The molecule has 2 unspecified atom stereocenters. The van der Waals surface area contributed by atoms with Crippen molar-refractivity contribution >= 4 is 17.8 Å². The summed E-state index contributed by atoms with van der Waals surface area (Å²) in [6.45, 7) is 3.69. The Labute approximate surface area is 101 Å². The number of hydrogen-bond acceptors (Lipinski definition) is 3. The van der Waals surface area contributed by atoms with Crippen molar-refractivity contribution in [1.82, 2.24) is 5.32 Å². The SMILES string of the molecule is CCCC(C)C(=O)NC(CCC(N)=O)C(=O)O. The van der Waals surface area contributed by atoms with Crippen molar-refractivity contribution in [3.8, 4) is 0 Å². The number of carboxylic acid groups (broad SMARTS) is 1. The van der Waals surface area contributed by atoms with Gasteiger partial charge in [-0.3, -0.25) is 9.59 Å². The number of carbonyl (C=O) groups is 3. The molecule has 2 atom stereocenters. The van der Waals surface area contributed by atoms with Gasteiger partial charge in [-0.2, -0.15) is 0 Å². The Hall–Kier alpha value is -1.59. The van der Waals surface area contributed by atoms with Crippen LogP contribution in [0.3, 0.4) is 0 Å². The quantitative estimate of drug-likeness (QED) is 0.568. The van der Waals surface area contributed by atoms with Crippen molar-refractivity contribution in [1.29, 1.82) is 0 Å². The fourth-order valence-corrected chi connectivity index (χ4v) is 1.42.